The monoisotopic (exact) mass is 534 g/mol. The molecule has 194 valence electrons. The largest absolute Gasteiger partial charge is 0.495 e. The Morgan fingerprint density at radius 2 is 1.61 bits per heavy atom. The van der Waals surface area contributed by atoms with E-state index in [0.29, 0.717) is 42.9 Å². The van der Waals surface area contributed by atoms with Crippen molar-refractivity contribution < 1.29 is 22.7 Å². The van der Waals surface area contributed by atoms with E-state index in [9.17, 15) is 18.0 Å². The van der Waals surface area contributed by atoms with Gasteiger partial charge < -0.3 is 19.9 Å². The van der Waals surface area contributed by atoms with Crippen LogP contribution >= 0.6 is 11.6 Å². The van der Waals surface area contributed by atoms with Gasteiger partial charge in [0.25, 0.3) is 5.91 Å². The van der Waals surface area contributed by atoms with Gasteiger partial charge in [0.15, 0.2) is 0 Å². The van der Waals surface area contributed by atoms with Crippen LogP contribution in [0.5, 0.6) is 5.75 Å². The van der Waals surface area contributed by atoms with Crippen molar-refractivity contribution in [2.45, 2.75) is 17.7 Å². The highest BCUT2D eigenvalue weighted by molar-refractivity contribution is 7.89. The third kappa shape index (κ3) is 5.83. The summed E-state index contributed by atoms with van der Waals surface area (Å²) in [6, 6.07) is 11.3. The summed E-state index contributed by atoms with van der Waals surface area (Å²) < 4.78 is 32.5. The number of rotatable bonds is 6. The Bertz CT molecular complexity index is 1210. The Balaban J connectivity index is 1.31. The molecule has 0 spiro atoms. The molecule has 0 radical (unpaired) electrons. The molecular formula is C25H31ClN4O5S. The fourth-order valence-electron chi connectivity index (χ4n) is 4.45. The number of halogens is 1. The molecule has 0 bridgehead atoms. The SMILES string of the molecule is COc1ccc(S(=O)(=O)N2CCC(C(=O)Nc3ccc(C(=O)N4CCN(C)CC4)cc3)CC2)cc1Cl. The van der Waals surface area contributed by atoms with Gasteiger partial charge >= 0.3 is 0 Å². The maximum absolute atomic E-state index is 13.0. The number of ether oxygens (including phenoxy) is 1. The van der Waals surface area contributed by atoms with Gasteiger partial charge in [-0.3, -0.25) is 9.59 Å². The zero-order chi connectivity index (χ0) is 25.9. The van der Waals surface area contributed by atoms with Crippen LogP contribution < -0.4 is 10.1 Å². The van der Waals surface area contributed by atoms with Crippen molar-refractivity contribution >= 4 is 39.1 Å². The lowest BCUT2D eigenvalue weighted by atomic mass is 9.97. The Hall–Kier alpha value is -2.66. The van der Waals surface area contributed by atoms with Crippen molar-refractivity contribution in [2.75, 3.05) is 58.7 Å². The molecule has 4 rings (SSSR count). The number of piperazine rings is 1. The van der Waals surface area contributed by atoms with Crippen molar-refractivity contribution in [3.63, 3.8) is 0 Å². The van der Waals surface area contributed by atoms with E-state index in [0.717, 1.165) is 13.1 Å². The number of hydrogen-bond acceptors (Lipinski definition) is 6. The van der Waals surface area contributed by atoms with Crippen LogP contribution in [0.15, 0.2) is 47.4 Å². The van der Waals surface area contributed by atoms with E-state index in [2.05, 4.69) is 10.2 Å². The highest BCUT2D eigenvalue weighted by Gasteiger charge is 2.32. The number of amides is 2. The van der Waals surface area contributed by atoms with E-state index in [-0.39, 0.29) is 40.7 Å². The molecule has 36 heavy (non-hydrogen) atoms. The molecule has 11 heteroatoms. The van der Waals surface area contributed by atoms with Crippen molar-refractivity contribution in [3.8, 4) is 5.75 Å². The van der Waals surface area contributed by atoms with Crippen LogP contribution in [-0.4, -0.2) is 87.8 Å². The number of hydrogen-bond donors (Lipinski definition) is 1. The van der Waals surface area contributed by atoms with E-state index in [1.165, 1.54) is 29.6 Å². The number of anilines is 1. The summed E-state index contributed by atoms with van der Waals surface area (Å²) in [5, 5.41) is 3.12. The fourth-order valence-corrected chi connectivity index (χ4v) is 6.27. The third-order valence-electron chi connectivity index (χ3n) is 6.78. The number of carbonyl (C=O) groups is 2. The number of nitrogens with one attached hydrogen (secondary N) is 1. The smallest absolute Gasteiger partial charge is 0.253 e. The number of methoxy groups -OCH3 is 1. The molecule has 2 aliphatic heterocycles. The average molecular weight is 535 g/mol. The summed E-state index contributed by atoms with van der Waals surface area (Å²) in [5.41, 5.74) is 1.20. The summed E-state index contributed by atoms with van der Waals surface area (Å²) in [4.78, 5) is 29.7. The lowest BCUT2D eigenvalue weighted by Gasteiger charge is -2.32. The number of benzene rings is 2. The van der Waals surface area contributed by atoms with E-state index in [1.807, 2.05) is 11.9 Å². The normalized spacial score (nSPS) is 18.1. The average Bonchev–Trinajstić information content (AvgIpc) is 2.89. The quantitative estimate of drug-likeness (QED) is 0.612. The summed E-state index contributed by atoms with van der Waals surface area (Å²) >= 11 is 6.10. The molecule has 0 unspecified atom stereocenters. The van der Waals surface area contributed by atoms with Gasteiger partial charge in [-0.25, -0.2) is 8.42 Å². The molecule has 2 aromatic rings. The van der Waals surface area contributed by atoms with Crippen LogP contribution in [0.4, 0.5) is 5.69 Å². The summed E-state index contributed by atoms with van der Waals surface area (Å²) in [6.45, 7) is 3.59. The predicted octanol–water partition coefficient (Wildman–Crippen LogP) is 2.78. The Morgan fingerprint density at radius 1 is 0.972 bits per heavy atom. The van der Waals surface area contributed by atoms with Gasteiger partial charge in [0.1, 0.15) is 5.75 Å². The van der Waals surface area contributed by atoms with Gasteiger partial charge in [-0.2, -0.15) is 4.31 Å². The molecule has 9 nitrogen and oxygen atoms in total. The third-order valence-corrected chi connectivity index (χ3v) is 8.97. The highest BCUT2D eigenvalue weighted by Crippen LogP contribution is 2.30. The van der Waals surface area contributed by atoms with Crippen LogP contribution in [0.3, 0.4) is 0 Å². The standard InChI is InChI=1S/C25H31ClN4O5S/c1-28-13-15-29(16-14-28)25(32)19-3-5-20(6-4-19)27-24(31)18-9-11-30(12-10-18)36(33,34)21-7-8-23(35-2)22(26)17-21/h3-8,17-18H,9-16H2,1-2H3,(H,27,31). The van der Waals surface area contributed by atoms with Crippen molar-refractivity contribution in [2.24, 2.45) is 5.92 Å². The fraction of sp³-hybridized carbons (Fsp3) is 0.440. The van der Waals surface area contributed by atoms with Gasteiger partial charge in [-0.1, -0.05) is 11.6 Å². The Morgan fingerprint density at radius 3 is 2.19 bits per heavy atom. The van der Waals surface area contributed by atoms with Crippen LogP contribution in [0.25, 0.3) is 0 Å². The molecule has 2 aliphatic rings. The maximum atomic E-state index is 13.0. The lowest BCUT2D eigenvalue weighted by Crippen LogP contribution is -2.47. The highest BCUT2D eigenvalue weighted by atomic mass is 35.5. The molecule has 0 aliphatic carbocycles. The van der Waals surface area contributed by atoms with Crippen molar-refractivity contribution in [1.29, 1.82) is 0 Å². The zero-order valence-corrected chi connectivity index (χ0v) is 22.0. The molecule has 2 saturated heterocycles. The van der Waals surface area contributed by atoms with Gasteiger partial charge in [0.2, 0.25) is 15.9 Å². The second-order valence-electron chi connectivity index (χ2n) is 9.14. The molecule has 0 aromatic heterocycles. The summed E-state index contributed by atoms with van der Waals surface area (Å²) in [6.07, 6.45) is 0.823. The minimum atomic E-state index is -3.72. The Labute approximate surface area is 217 Å². The van der Waals surface area contributed by atoms with Gasteiger partial charge in [-0.05, 0) is 62.4 Å². The topological polar surface area (TPSA) is 99.3 Å². The Kier molecular flexibility index (Phi) is 8.19. The number of piperidine rings is 1. The van der Waals surface area contributed by atoms with Crippen LogP contribution in [-0.2, 0) is 14.8 Å². The first-order valence-electron chi connectivity index (χ1n) is 11.9. The molecule has 2 amide bonds. The molecule has 2 heterocycles. The predicted molar refractivity (Wildman–Crippen MR) is 138 cm³/mol. The molecule has 2 aromatic carbocycles. The van der Waals surface area contributed by atoms with Crippen LogP contribution in [0.1, 0.15) is 23.2 Å². The summed E-state index contributed by atoms with van der Waals surface area (Å²) in [7, 11) is -0.213. The van der Waals surface area contributed by atoms with Crippen molar-refractivity contribution in [1.82, 2.24) is 14.1 Å². The van der Waals surface area contributed by atoms with E-state index < -0.39 is 10.0 Å². The van der Waals surface area contributed by atoms with E-state index in [1.54, 1.807) is 24.3 Å². The minimum absolute atomic E-state index is 0.00675. The molecule has 0 saturated carbocycles. The minimum Gasteiger partial charge on any atom is -0.495 e. The lowest BCUT2D eigenvalue weighted by molar-refractivity contribution is -0.120. The second kappa shape index (κ2) is 11.2. The first-order valence-corrected chi connectivity index (χ1v) is 13.7. The number of carbonyl (C=O) groups excluding carboxylic acids is 2. The van der Waals surface area contributed by atoms with Crippen LogP contribution in [0.2, 0.25) is 5.02 Å². The molecule has 1 N–H and O–H groups in total. The molecular weight excluding hydrogens is 504 g/mol. The van der Waals surface area contributed by atoms with Crippen LogP contribution in [0, 0.1) is 5.92 Å². The second-order valence-corrected chi connectivity index (χ2v) is 11.5. The van der Waals surface area contributed by atoms with Gasteiger partial charge in [0, 0.05) is 56.4 Å². The van der Waals surface area contributed by atoms with E-state index in [4.69, 9.17) is 16.3 Å². The molecule has 0 atom stereocenters. The first kappa shape index (κ1) is 26.4. The number of sulfonamides is 1. The molecule has 2 fully saturated rings. The number of likely N-dealkylation sites (N-methyl/N-ethyl adjacent to an activating group) is 1. The zero-order valence-electron chi connectivity index (χ0n) is 20.4. The van der Waals surface area contributed by atoms with Crippen molar-refractivity contribution in [3.05, 3.63) is 53.1 Å². The van der Waals surface area contributed by atoms with Gasteiger partial charge in [0.05, 0.1) is 17.0 Å². The van der Waals surface area contributed by atoms with Gasteiger partial charge in [-0.15, -0.1) is 0 Å². The first-order chi connectivity index (χ1) is 17.2. The van der Waals surface area contributed by atoms with E-state index >= 15 is 0 Å². The maximum Gasteiger partial charge on any atom is 0.253 e. The number of nitrogens with zero attached hydrogens (tertiary/aromatic N) is 3. The summed E-state index contributed by atoms with van der Waals surface area (Å²) in [5.74, 6) is -0.0596.